The highest BCUT2D eigenvalue weighted by Gasteiger charge is 2.04. The van der Waals surface area contributed by atoms with Crippen molar-refractivity contribution in [3.8, 4) is 0 Å². The zero-order valence-electron chi connectivity index (χ0n) is 7.21. The van der Waals surface area contributed by atoms with E-state index in [4.69, 9.17) is 5.73 Å². The van der Waals surface area contributed by atoms with Crippen LogP contribution in [0.3, 0.4) is 0 Å². The van der Waals surface area contributed by atoms with E-state index in [9.17, 15) is 9.18 Å². The number of rotatable bonds is 2. The topological polar surface area (TPSA) is 52.3 Å². The van der Waals surface area contributed by atoms with Gasteiger partial charge in [0.2, 0.25) is 0 Å². The van der Waals surface area contributed by atoms with Crippen LogP contribution in [0.2, 0.25) is 0 Å². The fourth-order valence-corrected chi connectivity index (χ4v) is 1.02. The molecule has 4 heteroatoms. The lowest BCUT2D eigenvalue weighted by Crippen LogP contribution is -2.05. The van der Waals surface area contributed by atoms with Crippen molar-refractivity contribution in [1.82, 2.24) is 0 Å². The summed E-state index contributed by atoms with van der Waals surface area (Å²) in [5.41, 5.74) is 6.21. The van der Waals surface area contributed by atoms with Gasteiger partial charge in [0.15, 0.2) is 0 Å². The quantitative estimate of drug-likeness (QED) is 0.552. The maximum Gasteiger partial charge on any atom is 0.309 e. The van der Waals surface area contributed by atoms with Gasteiger partial charge in [0, 0.05) is 5.69 Å². The van der Waals surface area contributed by atoms with Crippen LogP contribution >= 0.6 is 0 Å². The Morgan fingerprint density at radius 2 is 2.23 bits per heavy atom. The molecule has 0 aliphatic carbocycles. The second-order valence-corrected chi connectivity index (χ2v) is 2.65. The number of carbonyl (C=O) groups excluding carboxylic acids is 1. The number of nitrogen functional groups attached to an aromatic ring is 1. The molecule has 0 radical (unpaired) electrons. The standard InChI is InChI=1S/C9H10FNO2/c1-13-9(12)4-6-2-7(10)5-8(11)3-6/h2-3,5H,4,11H2,1H3. The van der Waals surface area contributed by atoms with E-state index in [1.165, 1.54) is 19.2 Å². The maximum absolute atomic E-state index is 12.8. The van der Waals surface area contributed by atoms with Crippen LogP contribution < -0.4 is 5.73 Å². The highest BCUT2D eigenvalue weighted by molar-refractivity contribution is 5.72. The van der Waals surface area contributed by atoms with Gasteiger partial charge in [0.1, 0.15) is 5.82 Å². The van der Waals surface area contributed by atoms with E-state index >= 15 is 0 Å². The van der Waals surface area contributed by atoms with E-state index in [1.54, 1.807) is 6.07 Å². The number of benzene rings is 1. The average molecular weight is 183 g/mol. The third kappa shape index (κ3) is 2.74. The summed E-state index contributed by atoms with van der Waals surface area (Å²) in [5, 5.41) is 0. The molecule has 70 valence electrons. The molecule has 0 saturated heterocycles. The molecule has 0 amide bonds. The minimum atomic E-state index is -0.445. The summed E-state index contributed by atoms with van der Waals surface area (Å²) in [5.74, 6) is -0.857. The van der Waals surface area contributed by atoms with Crippen LogP contribution in [-0.2, 0) is 16.0 Å². The van der Waals surface area contributed by atoms with Gasteiger partial charge in [-0.3, -0.25) is 4.79 Å². The highest BCUT2D eigenvalue weighted by atomic mass is 19.1. The Bertz CT molecular complexity index is 305. The van der Waals surface area contributed by atoms with Gasteiger partial charge in [-0.1, -0.05) is 0 Å². The zero-order valence-corrected chi connectivity index (χ0v) is 7.21. The van der Waals surface area contributed by atoms with Crippen molar-refractivity contribution in [2.75, 3.05) is 12.8 Å². The lowest BCUT2D eigenvalue weighted by atomic mass is 10.1. The number of nitrogens with two attached hydrogens (primary N) is 1. The van der Waals surface area contributed by atoms with Crippen LogP contribution in [0.4, 0.5) is 10.1 Å². The van der Waals surface area contributed by atoms with Gasteiger partial charge < -0.3 is 10.5 Å². The first kappa shape index (κ1) is 9.51. The molecule has 0 bridgehead atoms. The molecule has 13 heavy (non-hydrogen) atoms. The van der Waals surface area contributed by atoms with Crippen LogP contribution in [-0.4, -0.2) is 13.1 Å². The first-order chi connectivity index (χ1) is 6.11. The number of hydrogen-bond donors (Lipinski definition) is 1. The molecule has 0 saturated carbocycles. The molecule has 1 aromatic carbocycles. The SMILES string of the molecule is COC(=O)Cc1cc(N)cc(F)c1. The summed E-state index contributed by atoms with van der Waals surface area (Å²) in [6.45, 7) is 0. The molecule has 0 heterocycles. The number of anilines is 1. The third-order valence-electron chi connectivity index (χ3n) is 1.56. The molecule has 0 aromatic heterocycles. The molecule has 3 nitrogen and oxygen atoms in total. The first-order valence-corrected chi connectivity index (χ1v) is 3.73. The minimum Gasteiger partial charge on any atom is -0.469 e. The van der Waals surface area contributed by atoms with Crippen molar-refractivity contribution in [2.45, 2.75) is 6.42 Å². The van der Waals surface area contributed by atoms with E-state index in [2.05, 4.69) is 4.74 Å². The highest BCUT2D eigenvalue weighted by Crippen LogP contribution is 2.11. The third-order valence-corrected chi connectivity index (χ3v) is 1.56. The molecule has 1 rings (SSSR count). The van der Waals surface area contributed by atoms with Gasteiger partial charge in [-0.15, -0.1) is 0 Å². The Morgan fingerprint density at radius 1 is 1.54 bits per heavy atom. The van der Waals surface area contributed by atoms with Crippen LogP contribution in [0, 0.1) is 5.82 Å². The predicted molar refractivity (Wildman–Crippen MR) is 46.5 cm³/mol. The molecule has 0 spiro atoms. The van der Waals surface area contributed by atoms with Gasteiger partial charge in [-0.25, -0.2) is 4.39 Å². The summed E-state index contributed by atoms with van der Waals surface area (Å²) in [6, 6.07) is 3.99. The van der Waals surface area contributed by atoms with Gasteiger partial charge in [-0.05, 0) is 23.8 Å². The fourth-order valence-electron chi connectivity index (χ4n) is 1.02. The normalized spacial score (nSPS) is 9.69. The van der Waals surface area contributed by atoms with E-state index in [1.807, 2.05) is 0 Å². The summed E-state index contributed by atoms with van der Waals surface area (Å²) < 4.78 is 17.2. The monoisotopic (exact) mass is 183 g/mol. The van der Waals surface area contributed by atoms with E-state index in [-0.39, 0.29) is 6.42 Å². The second kappa shape index (κ2) is 3.89. The van der Waals surface area contributed by atoms with Crippen molar-refractivity contribution in [2.24, 2.45) is 0 Å². The van der Waals surface area contributed by atoms with Crippen LogP contribution in [0.5, 0.6) is 0 Å². The lowest BCUT2D eigenvalue weighted by Gasteiger charge is -2.01. The zero-order chi connectivity index (χ0) is 9.84. The van der Waals surface area contributed by atoms with Gasteiger partial charge in [-0.2, -0.15) is 0 Å². The molecule has 0 fully saturated rings. The molecular weight excluding hydrogens is 173 g/mol. The second-order valence-electron chi connectivity index (χ2n) is 2.65. The Kier molecular flexibility index (Phi) is 2.84. The molecule has 0 unspecified atom stereocenters. The van der Waals surface area contributed by atoms with Crippen LogP contribution in [0.25, 0.3) is 0 Å². The Hall–Kier alpha value is -1.58. The molecule has 0 aliphatic heterocycles. The van der Waals surface area contributed by atoms with Crippen LogP contribution in [0.1, 0.15) is 5.56 Å². The van der Waals surface area contributed by atoms with Crippen molar-refractivity contribution in [3.05, 3.63) is 29.6 Å². The number of carbonyl (C=O) groups is 1. The summed E-state index contributed by atoms with van der Waals surface area (Å²) in [7, 11) is 1.28. The smallest absolute Gasteiger partial charge is 0.309 e. The molecule has 0 atom stereocenters. The number of methoxy groups -OCH3 is 1. The maximum atomic E-state index is 12.8. The summed E-state index contributed by atoms with van der Waals surface area (Å²) >= 11 is 0. The van der Waals surface area contributed by atoms with Gasteiger partial charge >= 0.3 is 5.97 Å². The van der Waals surface area contributed by atoms with Crippen molar-refractivity contribution >= 4 is 11.7 Å². The van der Waals surface area contributed by atoms with E-state index < -0.39 is 11.8 Å². The molecular formula is C9H10FNO2. The van der Waals surface area contributed by atoms with Gasteiger partial charge in [0.25, 0.3) is 0 Å². The van der Waals surface area contributed by atoms with Crippen molar-refractivity contribution < 1.29 is 13.9 Å². The van der Waals surface area contributed by atoms with Crippen LogP contribution in [0.15, 0.2) is 18.2 Å². The van der Waals surface area contributed by atoms with Gasteiger partial charge in [0.05, 0.1) is 13.5 Å². The number of halogens is 1. The minimum absolute atomic E-state index is 0.0401. The molecule has 2 N–H and O–H groups in total. The number of esters is 1. The van der Waals surface area contributed by atoms with Crippen molar-refractivity contribution in [3.63, 3.8) is 0 Å². The predicted octanol–water partition coefficient (Wildman–Crippen LogP) is 1.12. The lowest BCUT2D eigenvalue weighted by molar-refractivity contribution is -0.139. The Labute approximate surface area is 75.3 Å². The van der Waals surface area contributed by atoms with Crippen molar-refractivity contribution in [1.29, 1.82) is 0 Å². The first-order valence-electron chi connectivity index (χ1n) is 3.73. The molecule has 0 aliphatic rings. The average Bonchev–Trinajstić information content (AvgIpc) is 2.02. The van der Waals surface area contributed by atoms with E-state index in [0.717, 1.165) is 0 Å². The number of ether oxygens (including phenoxy) is 1. The molecule has 1 aromatic rings. The Morgan fingerprint density at radius 3 is 2.77 bits per heavy atom. The number of hydrogen-bond acceptors (Lipinski definition) is 3. The Balaban J connectivity index is 2.83. The largest absolute Gasteiger partial charge is 0.469 e. The van der Waals surface area contributed by atoms with E-state index in [0.29, 0.717) is 11.3 Å². The fraction of sp³-hybridized carbons (Fsp3) is 0.222. The summed E-state index contributed by atoms with van der Waals surface area (Å²) in [4.78, 5) is 10.8. The summed E-state index contributed by atoms with van der Waals surface area (Å²) in [6.07, 6.45) is 0.0401.